The summed E-state index contributed by atoms with van der Waals surface area (Å²) in [6, 6.07) is 10.6. The number of nitrogens with one attached hydrogen (secondary N) is 1. The van der Waals surface area contributed by atoms with Crippen LogP contribution in [0.4, 0.5) is 0 Å². The van der Waals surface area contributed by atoms with Crippen LogP contribution in [0, 0.1) is 0 Å². The second-order valence-corrected chi connectivity index (χ2v) is 6.03. The van der Waals surface area contributed by atoms with Gasteiger partial charge in [0.1, 0.15) is 0 Å². The van der Waals surface area contributed by atoms with Crippen molar-refractivity contribution >= 4 is 10.9 Å². The number of hydrogen-bond acceptors (Lipinski definition) is 3. The molecule has 22 heavy (non-hydrogen) atoms. The number of aliphatic hydroxyl groups is 1. The van der Waals surface area contributed by atoms with Crippen molar-refractivity contribution in [3.63, 3.8) is 0 Å². The highest BCUT2D eigenvalue weighted by Crippen LogP contribution is 2.22. The van der Waals surface area contributed by atoms with E-state index in [0.717, 1.165) is 31.9 Å². The molecule has 3 heterocycles. The van der Waals surface area contributed by atoms with Crippen molar-refractivity contribution in [3.8, 4) is 0 Å². The molecular formula is C17H20N4O. The van der Waals surface area contributed by atoms with E-state index in [-0.39, 0.29) is 0 Å². The molecule has 3 aromatic rings. The Morgan fingerprint density at radius 2 is 2.23 bits per heavy atom. The van der Waals surface area contributed by atoms with Crippen LogP contribution in [0.5, 0.6) is 0 Å². The van der Waals surface area contributed by atoms with Crippen molar-refractivity contribution in [1.82, 2.24) is 19.7 Å². The van der Waals surface area contributed by atoms with Gasteiger partial charge in [-0.2, -0.15) is 5.10 Å². The van der Waals surface area contributed by atoms with Crippen molar-refractivity contribution in [1.29, 1.82) is 0 Å². The van der Waals surface area contributed by atoms with E-state index < -0.39 is 6.10 Å². The minimum absolute atomic E-state index is 0.500. The Balaban J connectivity index is 1.56. The van der Waals surface area contributed by atoms with Gasteiger partial charge in [0.2, 0.25) is 0 Å². The van der Waals surface area contributed by atoms with E-state index in [4.69, 9.17) is 0 Å². The Bertz CT molecular complexity index is 802. The van der Waals surface area contributed by atoms with E-state index in [9.17, 15) is 5.11 Å². The third kappa shape index (κ3) is 2.32. The summed E-state index contributed by atoms with van der Waals surface area (Å²) in [6.45, 7) is 5.43. The monoisotopic (exact) mass is 296 g/mol. The molecule has 114 valence electrons. The molecule has 0 radical (unpaired) electrons. The van der Waals surface area contributed by atoms with Gasteiger partial charge in [-0.15, -0.1) is 0 Å². The predicted molar refractivity (Wildman–Crippen MR) is 85.3 cm³/mol. The summed E-state index contributed by atoms with van der Waals surface area (Å²) in [5.41, 5.74) is 4.49. The van der Waals surface area contributed by atoms with Crippen molar-refractivity contribution in [2.75, 3.05) is 6.54 Å². The second kappa shape index (κ2) is 5.26. The highest BCUT2D eigenvalue weighted by Gasteiger charge is 2.20. The van der Waals surface area contributed by atoms with Crippen molar-refractivity contribution in [2.24, 2.45) is 0 Å². The largest absolute Gasteiger partial charge is 0.387 e. The van der Waals surface area contributed by atoms with Gasteiger partial charge in [-0.25, -0.2) is 0 Å². The molecule has 1 aliphatic heterocycles. The second-order valence-electron chi connectivity index (χ2n) is 6.03. The number of aromatic nitrogens is 3. The van der Waals surface area contributed by atoms with E-state index in [1.54, 1.807) is 6.92 Å². The molecule has 0 fully saturated rings. The number of hydrogen-bond donors (Lipinski definition) is 2. The quantitative estimate of drug-likeness (QED) is 0.780. The van der Waals surface area contributed by atoms with Crippen LogP contribution >= 0.6 is 0 Å². The third-order valence-corrected chi connectivity index (χ3v) is 4.40. The molecule has 0 saturated heterocycles. The lowest BCUT2D eigenvalue weighted by Gasteiger charge is -2.27. The molecule has 1 aliphatic rings. The molecule has 5 nitrogen and oxygen atoms in total. The normalized spacial score (nSPS) is 16.8. The molecule has 0 amide bonds. The first kappa shape index (κ1) is 13.5. The van der Waals surface area contributed by atoms with Crippen LogP contribution in [0.3, 0.4) is 0 Å². The Hall–Kier alpha value is -2.11. The Morgan fingerprint density at radius 3 is 3.09 bits per heavy atom. The average Bonchev–Trinajstić information content (AvgIpc) is 3.13. The van der Waals surface area contributed by atoms with E-state index in [2.05, 4.69) is 39.2 Å². The minimum atomic E-state index is -0.500. The van der Waals surface area contributed by atoms with Crippen LogP contribution in [0.25, 0.3) is 10.9 Å². The predicted octanol–water partition coefficient (Wildman–Crippen LogP) is 2.43. The van der Waals surface area contributed by atoms with Gasteiger partial charge in [0, 0.05) is 36.7 Å². The molecule has 4 rings (SSSR count). The molecule has 0 unspecified atom stereocenters. The number of aromatic amines is 1. The van der Waals surface area contributed by atoms with Crippen molar-refractivity contribution in [2.45, 2.75) is 32.7 Å². The highest BCUT2D eigenvalue weighted by atomic mass is 16.3. The van der Waals surface area contributed by atoms with E-state index in [0.29, 0.717) is 0 Å². The van der Waals surface area contributed by atoms with Crippen LogP contribution in [0.15, 0.2) is 36.5 Å². The summed E-state index contributed by atoms with van der Waals surface area (Å²) in [7, 11) is 0. The molecule has 1 atom stereocenters. The van der Waals surface area contributed by atoms with Crippen LogP contribution < -0.4 is 0 Å². The Morgan fingerprint density at radius 1 is 1.32 bits per heavy atom. The topological polar surface area (TPSA) is 57.1 Å². The molecule has 0 saturated carbocycles. The van der Waals surface area contributed by atoms with Gasteiger partial charge in [0.05, 0.1) is 24.0 Å². The zero-order valence-corrected chi connectivity index (χ0v) is 12.7. The number of rotatable bonds is 3. The van der Waals surface area contributed by atoms with E-state index >= 15 is 0 Å². The molecular weight excluding hydrogens is 276 g/mol. The first-order valence-electron chi connectivity index (χ1n) is 7.73. The fourth-order valence-corrected chi connectivity index (χ4v) is 3.21. The summed E-state index contributed by atoms with van der Waals surface area (Å²) < 4.78 is 2.02. The summed E-state index contributed by atoms with van der Waals surface area (Å²) in [6.07, 6.45) is 1.49. The summed E-state index contributed by atoms with van der Waals surface area (Å²) in [5.74, 6) is 0. The number of H-pyrrole nitrogens is 1. The van der Waals surface area contributed by atoms with Gasteiger partial charge < -0.3 is 10.1 Å². The van der Waals surface area contributed by atoms with Gasteiger partial charge >= 0.3 is 0 Å². The summed E-state index contributed by atoms with van der Waals surface area (Å²) in [5, 5.41) is 15.4. The van der Waals surface area contributed by atoms with Crippen LogP contribution in [-0.2, 0) is 19.6 Å². The lowest BCUT2D eigenvalue weighted by molar-refractivity contribution is 0.189. The molecule has 5 heteroatoms. The fraction of sp³-hybridized carbons (Fsp3) is 0.353. The molecule has 0 aliphatic carbocycles. The number of benzene rings is 1. The maximum atomic E-state index is 9.68. The number of nitrogens with zero attached hydrogens (tertiary/aromatic N) is 3. The molecule has 1 aromatic carbocycles. The van der Waals surface area contributed by atoms with Gasteiger partial charge in [-0.1, -0.05) is 12.1 Å². The Labute approximate surface area is 129 Å². The van der Waals surface area contributed by atoms with Gasteiger partial charge in [0.15, 0.2) is 0 Å². The average molecular weight is 296 g/mol. The SMILES string of the molecule is C[C@H](O)c1cc2n(n1)CCN(Cc1cccc3[nH]ccc13)C2. The summed E-state index contributed by atoms with van der Waals surface area (Å²) >= 11 is 0. The van der Waals surface area contributed by atoms with Gasteiger partial charge in [0.25, 0.3) is 0 Å². The highest BCUT2D eigenvalue weighted by molar-refractivity contribution is 5.82. The third-order valence-electron chi connectivity index (χ3n) is 4.40. The van der Waals surface area contributed by atoms with E-state index in [1.807, 2.05) is 16.9 Å². The zero-order chi connectivity index (χ0) is 15.1. The smallest absolute Gasteiger partial charge is 0.0950 e. The van der Waals surface area contributed by atoms with Crippen LogP contribution in [-0.4, -0.2) is 31.3 Å². The number of fused-ring (bicyclic) bond motifs is 2. The van der Waals surface area contributed by atoms with Crippen molar-refractivity contribution in [3.05, 3.63) is 53.5 Å². The minimum Gasteiger partial charge on any atom is -0.387 e. The van der Waals surface area contributed by atoms with Crippen LogP contribution in [0.2, 0.25) is 0 Å². The molecule has 2 N–H and O–H groups in total. The standard InChI is InChI=1S/C17H20N4O/c1-12(22)17-9-14-11-20(7-8-21(14)19-17)10-13-3-2-4-16-15(13)5-6-18-16/h2-6,9,12,18,22H,7-8,10-11H2,1H3/t12-/m0/s1. The van der Waals surface area contributed by atoms with E-state index in [1.165, 1.54) is 22.2 Å². The first-order chi connectivity index (χ1) is 10.7. The first-order valence-corrected chi connectivity index (χ1v) is 7.73. The van der Waals surface area contributed by atoms with Crippen molar-refractivity contribution < 1.29 is 5.11 Å². The lowest BCUT2D eigenvalue weighted by Crippen LogP contribution is -2.33. The molecule has 0 spiro atoms. The molecule has 0 bridgehead atoms. The Kier molecular flexibility index (Phi) is 3.24. The zero-order valence-electron chi connectivity index (χ0n) is 12.7. The number of aliphatic hydroxyl groups excluding tert-OH is 1. The maximum Gasteiger partial charge on any atom is 0.0950 e. The summed E-state index contributed by atoms with van der Waals surface area (Å²) in [4.78, 5) is 5.70. The van der Waals surface area contributed by atoms with Gasteiger partial charge in [-0.3, -0.25) is 9.58 Å². The van der Waals surface area contributed by atoms with Gasteiger partial charge in [-0.05, 0) is 30.7 Å². The lowest BCUT2D eigenvalue weighted by atomic mass is 10.1. The molecule has 2 aromatic heterocycles. The fourth-order valence-electron chi connectivity index (χ4n) is 3.21. The van der Waals surface area contributed by atoms with Crippen LogP contribution in [0.1, 0.15) is 30.0 Å². The maximum absolute atomic E-state index is 9.68.